The summed E-state index contributed by atoms with van der Waals surface area (Å²) in [5, 5.41) is 20.6. The van der Waals surface area contributed by atoms with Crippen molar-refractivity contribution in [2.45, 2.75) is 44.7 Å². The molecule has 0 bridgehead atoms. The van der Waals surface area contributed by atoms with E-state index < -0.39 is 17.5 Å². The molecule has 2 N–H and O–H groups in total. The fraction of sp³-hybridized carbons (Fsp3) is 0.769. The van der Waals surface area contributed by atoms with Crippen molar-refractivity contribution in [1.29, 1.82) is 5.26 Å². The van der Waals surface area contributed by atoms with Gasteiger partial charge in [0, 0.05) is 38.6 Å². The highest BCUT2D eigenvalue weighted by molar-refractivity contribution is 5.86. The second kappa shape index (κ2) is 7.10. The number of nitriles is 1. The number of nitrogens with one attached hydrogen (secondary N) is 1. The van der Waals surface area contributed by atoms with Crippen molar-refractivity contribution < 1.29 is 19.4 Å². The number of rotatable bonds is 5. The van der Waals surface area contributed by atoms with Crippen LogP contribution in [0.3, 0.4) is 0 Å². The molecule has 0 spiro atoms. The van der Waals surface area contributed by atoms with Crippen LogP contribution in [0.2, 0.25) is 0 Å². The number of carbonyl (C=O) groups is 2. The molecule has 2 amide bonds. The van der Waals surface area contributed by atoms with Crippen LogP contribution in [0.4, 0.5) is 4.79 Å². The van der Waals surface area contributed by atoms with Gasteiger partial charge in [-0.1, -0.05) is 0 Å². The number of carbonyl (C=O) groups excluding carboxylic acids is 1. The number of carboxylic acid groups (broad SMARTS) is 1. The first-order valence-electron chi connectivity index (χ1n) is 6.70. The lowest BCUT2D eigenvalue weighted by Crippen LogP contribution is -2.61. The van der Waals surface area contributed by atoms with Crippen molar-refractivity contribution >= 4 is 12.0 Å². The second-order valence-corrected chi connectivity index (χ2v) is 5.13. The smallest absolute Gasteiger partial charge is 0.329 e. The first-order chi connectivity index (χ1) is 9.43. The van der Waals surface area contributed by atoms with Gasteiger partial charge < -0.3 is 20.1 Å². The van der Waals surface area contributed by atoms with Gasteiger partial charge in [0.05, 0.1) is 12.5 Å². The maximum Gasteiger partial charge on any atom is 0.329 e. The Balaban J connectivity index is 2.78. The van der Waals surface area contributed by atoms with E-state index in [-0.39, 0.29) is 31.8 Å². The molecule has 1 fully saturated rings. The average Bonchev–Trinajstić information content (AvgIpc) is 2.39. The molecule has 1 rings (SSSR count). The molecule has 0 aromatic carbocycles. The summed E-state index contributed by atoms with van der Waals surface area (Å²) < 4.78 is 5.16. The zero-order valence-electron chi connectivity index (χ0n) is 11.9. The number of nitrogens with zero attached hydrogens (tertiary/aromatic N) is 2. The standard InChI is InChI=1S/C13H21N3O4/c1-10(2)16(7-3-6-14)12(19)15-13(11(17)18)4-8-20-9-5-13/h10H,3-5,7-9H2,1-2H3,(H,15,19)(H,17,18). The molecule has 1 saturated heterocycles. The van der Waals surface area contributed by atoms with Crippen molar-refractivity contribution in [2.75, 3.05) is 19.8 Å². The number of hydrogen-bond acceptors (Lipinski definition) is 4. The quantitative estimate of drug-likeness (QED) is 0.782. The van der Waals surface area contributed by atoms with Crippen molar-refractivity contribution in [2.24, 2.45) is 0 Å². The summed E-state index contributed by atoms with van der Waals surface area (Å²) in [5.74, 6) is -1.04. The summed E-state index contributed by atoms with van der Waals surface area (Å²) in [7, 11) is 0. The van der Waals surface area contributed by atoms with Gasteiger partial charge in [-0.3, -0.25) is 0 Å². The van der Waals surface area contributed by atoms with Crippen molar-refractivity contribution in [1.82, 2.24) is 10.2 Å². The van der Waals surface area contributed by atoms with Gasteiger partial charge in [0.2, 0.25) is 0 Å². The zero-order valence-corrected chi connectivity index (χ0v) is 11.9. The fourth-order valence-corrected chi connectivity index (χ4v) is 2.15. The molecule has 0 aromatic rings. The number of amides is 2. The highest BCUT2D eigenvalue weighted by Gasteiger charge is 2.42. The Morgan fingerprint density at radius 3 is 2.50 bits per heavy atom. The van der Waals surface area contributed by atoms with Gasteiger partial charge in [-0.25, -0.2) is 9.59 Å². The molecule has 1 heterocycles. The molecule has 0 aliphatic carbocycles. The number of carboxylic acids is 1. The average molecular weight is 283 g/mol. The normalized spacial score (nSPS) is 17.3. The summed E-state index contributed by atoms with van der Waals surface area (Å²) in [6.07, 6.45) is 0.714. The SMILES string of the molecule is CC(C)N(CCC#N)C(=O)NC1(C(=O)O)CCOCC1. The Hall–Kier alpha value is -1.81. The van der Waals surface area contributed by atoms with Crippen molar-refractivity contribution in [3.05, 3.63) is 0 Å². The summed E-state index contributed by atoms with van der Waals surface area (Å²) in [4.78, 5) is 25.2. The molecule has 20 heavy (non-hydrogen) atoms. The highest BCUT2D eigenvalue weighted by atomic mass is 16.5. The Labute approximate surface area is 118 Å². The predicted octanol–water partition coefficient (Wildman–Crippen LogP) is 0.954. The lowest BCUT2D eigenvalue weighted by Gasteiger charge is -2.36. The molecule has 1 aliphatic rings. The minimum atomic E-state index is -1.27. The van der Waals surface area contributed by atoms with E-state index >= 15 is 0 Å². The second-order valence-electron chi connectivity index (χ2n) is 5.13. The van der Waals surface area contributed by atoms with E-state index in [1.165, 1.54) is 4.90 Å². The lowest BCUT2D eigenvalue weighted by molar-refractivity contribution is -0.148. The third-order valence-electron chi connectivity index (χ3n) is 3.45. The van der Waals surface area contributed by atoms with Crippen molar-refractivity contribution in [3.63, 3.8) is 0 Å². The van der Waals surface area contributed by atoms with Crippen LogP contribution in [0.1, 0.15) is 33.1 Å². The fourth-order valence-electron chi connectivity index (χ4n) is 2.15. The van der Waals surface area contributed by atoms with Crippen LogP contribution in [-0.4, -0.2) is 53.3 Å². The molecule has 0 radical (unpaired) electrons. The van der Waals surface area contributed by atoms with Crippen LogP contribution in [0.25, 0.3) is 0 Å². The molecule has 0 atom stereocenters. The first kappa shape index (κ1) is 16.2. The lowest BCUT2D eigenvalue weighted by atomic mass is 9.90. The number of aliphatic carboxylic acids is 1. The molecule has 0 saturated carbocycles. The molecule has 112 valence electrons. The van der Waals surface area contributed by atoms with Gasteiger partial charge in [0.15, 0.2) is 0 Å². The molecule has 0 unspecified atom stereocenters. The van der Waals surface area contributed by atoms with Gasteiger partial charge in [-0.2, -0.15) is 5.26 Å². The van der Waals surface area contributed by atoms with Crippen LogP contribution in [0.15, 0.2) is 0 Å². The topological polar surface area (TPSA) is 103 Å². The molecular weight excluding hydrogens is 262 g/mol. The maximum absolute atomic E-state index is 12.3. The van der Waals surface area contributed by atoms with Gasteiger partial charge in [-0.15, -0.1) is 0 Å². The van der Waals surface area contributed by atoms with Crippen LogP contribution in [0, 0.1) is 11.3 Å². The summed E-state index contributed by atoms with van der Waals surface area (Å²) >= 11 is 0. The van der Waals surface area contributed by atoms with Crippen LogP contribution in [-0.2, 0) is 9.53 Å². The Morgan fingerprint density at radius 1 is 1.45 bits per heavy atom. The molecule has 7 nitrogen and oxygen atoms in total. The Kier molecular flexibility index (Phi) is 5.77. The van der Waals surface area contributed by atoms with E-state index in [1.807, 2.05) is 19.9 Å². The monoisotopic (exact) mass is 283 g/mol. The van der Waals surface area contributed by atoms with Gasteiger partial charge in [0.1, 0.15) is 5.54 Å². The largest absolute Gasteiger partial charge is 0.480 e. The van der Waals surface area contributed by atoms with Crippen LogP contribution < -0.4 is 5.32 Å². The van der Waals surface area contributed by atoms with Gasteiger partial charge >= 0.3 is 12.0 Å². The predicted molar refractivity (Wildman–Crippen MR) is 71.0 cm³/mol. The van der Waals surface area contributed by atoms with E-state index in [0.717, 1.165) is 0 Å². The minimum absolute atomic E-state index is 0.103. The van der Waals surface area contributed by atoms with Gasteiger partial charge in [-0.05, 0) is 13.8 Å². The maximum atomic E-state index is 12.3. The minimum Gasteiger partial charge on any atom is -0.480 e. The summed E-state index contributed by atoms with van der Waals surface area (Å²) in [5.41, 5.74) is -1.27. The Bertz CT molecular complexity index is 397. The van der Waals surface area contributed by atoms with E-state index in [0.29, 0.717) is 13.2 Å². The van der Waals surface area contributed by atoms with Gasteiger partial charge in [0.25, 0.3) is 0 Å². The third-order valence-corrected chi connectivity index (χ3v) is 3.45. The third kappa shape index (κ3) is 3.84. The molecule has 1 aliphatic heterocycles. The van der Waals surface area contributed by atoms with E-state index in [9.17, 15) is 14.7 Å². The summed E-state index contributed by atoms with van der Waals surface area (Å²) in [6, 6.07) is 1.44. The zero-order chi connectivity index (χ0) is 15.2. The van der Waals surface area contributed by atoms with Crippen LogP contribution in [0.5, 0.6) is 0 Å². The number of ether oxygens (including phenoxy) is 1. The van der Waals surface area contributed by atoms with Crippen LogP contribution >= 0.6 is 0 Å². The number of urea groups is 1. The Morgan fingerprint density at radius 2 is 2.05 bits per heavy atom. The first-order valence-corrected chi connectivity index (χ1v) is 6.70. The highest BCUT2D eigenvalue weighted by Crippen LogP contribution is 2.21. The van der Waals surface area contributed by atoms with E-state index in [2.05, 4.69) is 5.32 Å². The summed E-state index contributed by atoms with van der Waals surface area (Å²) in [6.45, 7) is 4.56. The molecule has 0 aromatic heterocycles. The molecular formula is C13H21N3O4. The molecule has 7 heteroatoms. The van der Waals surface area contributed by atoms with E-state index in [1.54, 1.807) is 0 Å². The number of hydrogen-bond donors (Lipinski definition) is 2. The van der Waals surface area contributed by atoms with E-state index in [4.69, 9.17) is 10.00 Å². The van der Waals surface area contributed by atoms with Crippen molar-refractivity contribution in [3.8, 4) is 6.07 Å².